The van der Waals surface area contributed by atoms with E-state index in [0.29, 0.717) is 11.7 Å². The SMILES string of the molecule is Oc1cccc(SCC2CSc3ccccc32)c1. The average Bonchev–Trinajstić information content (AvgIpc) is 2.80. The van der Waals surface area contributed by atoms with Crippen molar-refractivity contribution in [1.82, 2.24) is 0 Å². The number of phenolic OH excluding ortho intramolecular Hbond substituents is 1. The minimum atomic E-state index is 0.348. The molecule has 1 aliphatic heterocycles. The monoisotopic (exact) mass is 274 g/mol. The van der Waals surface area contributed by atoms with Gasteiger partial charge in [0.15, 0.2) is 0 Å². The molecule has 0 amide bonds. The summed E-state index contributed by atoms with van der Waals surface area (Å²) in [4.78, 5) is 2.57. The van der Waals surface area contributed by atoms with Gasteiger partial charge in [-0.15, -0.1) is 23.5 Å². The molecule has 1 heterocycles. The van der Waals surface area contributed by atoms with Crippen molar-refractivity contribution in [1.29, 1.82) is 0 Å². The van der Waals surface area contributed by atoms with Crippen LogP contribution in [0.15, 0.2) is 58.3 Å². The van der Waals surface area contributed by atoms with Gasteiger partial charge in [0.25, 0.3) is 0 Å². The molecule has 0 bridgehead atoms. The predicted octanol–water partition coefficient (Wildman–Crippen LogP) is 4.37. The first-order chi connectivity index (χ1) is 8.83. The molecule has 3 rings (SSSR count). The zero-order valence-corrected chi connectivity index (χ0v) is 11.5. The first-order valence-electron chi connectivity index (χ1n) is 5.96. The van der Waals surface area contributed by atoms with Crippen LogP contribution >= 0.6 is 23.5 Å². The number of benzene rings is 2. The molecular formula is C15H14OS2. The number of rotatable bonds is 3. The van der Waals surface area contributed by atoms with E-state index < -0.39 is 0 Å². The van der Waals surface area contributed by atoms with E-state index in [1.54, 1.807) is 6.07 Å². The molecule has 0 radical (unpaired) electrons. The Morgan fingerprint density at radius 3 is 2.94 bits per heavy atom. The number of fused-ring (bicyclic) bond motifs is 1. The molecule has 1 nitrogen and oxygen atoms in total. The molecule has 1 N–H and O–H groups in total. The highest BCUT2D eigenvalue weighted by atomic mass is 32.2. The maximum Gasteiger partial charge on any atom is 0.116 e. The van der Waals surface area contributed by atoms with Crippen molar-refractivity contribution in [3.63, 3.8) is 0 Å². The Labute approximate surface area is 116 Å². The molecule has 2 aromatic carbocycles. The van der Waals surface area contributed by atoms with E-state index in [4.69, 9.17) is 0 Å². The molecule has 0 saturated carbocycles. The Kier molecular flexibility index (Phi) is 3.52. The van der Waals surface area contributed by atoms with Gasteiger partial charge in [0, 0.05) is 27.2 Å². The summed E-state index contributed by atoms with van der Waals surface area (Å²) >= 11 is 3.77. The fourth-order valence-corrected chi connectivity index (χ4v) is 4.61. The average molecular weight is 274 g/mol. The predicted molar refractivity (Wildman–Crippen MR) is 78.7 cm³/mol. The van der Waals surface area contributed by atoms with Crippen LogP contribution in [0, 0.1) is 0 Å². The van der Waals surface area contributed by atoms with Crippen molar-refractivity contribution in [3.8, 4) is 5.75 Å². The minimum Gasteiger partial charge on any atom is -0.508 e. The molecule has 3 heteroatoms. The van der Waals surface area contributed by atoms with Crippen molar-refractivity contribution in [2.24, 2.45) is 0 Å². The molecular weight excluding hydrogens is 260 g/mol. The molecule has 18 heavy (non-hydrogen) atoms. The highest BCUT2D eigenvalue weighted by Crippen LogP contribution is 2.41. The summed E-state index contributed by atoms with van der Waals surface area (Å²) in [7, 11) is 0. The first kappa shape index (κ1) is 12.0. The van der Waals surface area contributed by atoms with Gasteiger partial charge in [0.05, 0.1) is 0 Å². The number of aromatic hydroxyl groups is 1. The Morgan fingerprint density at radius 2 is 2.06 bits per heavy atom. The van der Waals surface area contributed by atoms with Gasteiger partial charge in [-0.3, -0.25) is 0 Å². The smallest absolute Gasteiger partial charge is 0.116 e. The van der Waals surface area contributed by atoms with Crippen LogP contribution in [-0.2, 0) is 0 Å². The summed E-state index contributed by atoms with van der Waals surface area (Å²) in [5.41, 5.74) is 1.48. The molecule has 2 aromatic rings. The maximum absolute atomic E-state index is 9.45. The second kappa shape index (κ2) is 5.29. The third-order valence-corrected chi connectivity index (χ3v) is 5.48. The normalized spacial score (nSPS) is 17.7. The highest BCUT2D eigenvalue weighted by molar-refractivity contribution is 8.00. The van der Waals surface area contributed by atoms with Crippen molar-refractivity contribution in [3.05, 3.63) is 54.1 Å². The number of hydrogen-bond acceptors (Lipinski definition) is 3. The van der Waals surface area contributed by atoms with Crippen LogP contribution in [0.3, 0.4) is 0 Å². The fourth-order valence-electron chi connectivity index (χ4n) is 2.14. The van der Waals surface area contributed by atoms with Gasteiger partial charge in [-0.05, 0) is 29.8 Å². The van der Waals surface area contributed by atoms with Crippen LogP contribution in [0.2, 0.25) is 0 Å². The molecule has 0 fully saturated rings. The van der Waals surface area contributed by atoms with E-state index in [1.165, 1.54) is 16.2 Å². The van der Waals surface area contributed by atoms with Crippen LogP contribution in [0.5, 0.6) is 5.75 Å². The van der Waals surface area contributed by atoms with Crippen LogP contribution in [0.4, 0.5) is 0 Å². The standard InChI is InChI=1S/C15H14OS2/c16-12-4-3-5-13(8-12)17-9-11-10-18-15-7-2-1-6-14(11)15/h1-8,11,16H,9-10H2. The topological polar surface area (TPSA) is 20.2 Å². The lowest BCUT2D eigenvalue weighted by molar-refractivity contribution is 0.474. The summed E-state index contributed by atoms with van der Waals surface area (Å²) in [5, 5.41) is 9.45. The zero-order chi connectivity index (χ0) is 12.4. The molecule has 0 aliphatic carbocycles. The van der Waals surface area contributed by atoms with Crippen LogP contribution in [0.1, 0.15) is 11.5 Å². The maximum atomic E-state index is 9.45. The third kappa shape index (κ3) is 2.52. The van der Waals surface area contributed by atoms with Gasteiger partial charge in [0.1, 0.15) is 5.75 Å². The van der Waals surface area contributed by atoms with Gasteiger partial charge in [-0.2, -0.15) is 0 Å². The first-order valence-corrected chi connectivity index (χ1v) is 7.93. The quantitative estimate of drug-likeness (QED) is 0.839. The van der Waals surface area contributed by atoms with Crippen molar-refractivity contribution in [2.75, 3.05) is 11.5 Å². The summed E-state index contributed by atoms with van der Waals surface area (Å²) in [6.07, 6.45) is 0. The summed E-state index contributed by atoms with van der Waals surface area (Å²) in [6.45, 7) is 0. The summed E-state index contributed by atoms with van der Waals surface area (Å²) < 4.78 is 0. The van der Waals surface area contributed by atoms with E-state index in [1.807, 2.05) is 35.7 Å². The molecule has 1 aliphatic rings. The highest BCUT2D eigenvalue weighted by Gasteiger charge is 2.22. The lowest BCUT2D eigenvalue weighted by Crippen LogP contribution is -1.99. The van der Waals surface area contributed by atoms with E-state index in [0.717, 1.165) is 10.6 Å². The number of phenols is 1. The van der Waals surface area contributed by atoms with Crippen molar-refractivity contribution < 1.29 is 5.11 Å². The van der Waals surface area contributed by atoms with Crippen LogP contribution < -0.4 is 0 Å². The van der Waals surface area contributed by atoms with Gasteiger partial charge < -0.3 is 5.11 Å². The molecule has 1 atom stereocenters. The van der Waals surface area contributed by atoms with E-state index >= 15 is 0 Å². The summed E-state index contributed by atoms with van der Waals surface area (Å²) in [5.74, 6) is 3.22. The van der Waals surface area contributed by atoms with Crippen LogP contribution in [-0.4, -0.2) is 16.6 Å². The largest absolute Gasteiger partial charge is 0.508 e. The van der Waals surface area contributed by atoms with Crippen molar-refractivity contribution >= 4 is 23.5 Å². The van der Waals surface area contributed by atoms with Crippen molar-refractivity contribution in [2.45, 2.75) is 15.7 Å². The van der Waals surface area contributed by atoms with Crippen LogP contribution in [0.25, 0.3) is 0 Å². The third-order valence-electron chi connectivity index (χ3n) is 3.07. The Balaban J connectivity index is 1.69. The van der Waals surface area contributed by atoms with Gasteiger partial charge >= 0.3 is 0 Å². The zero-order valence-electron chi connectivity index (χ0n) is 9.87. The molecule has 1 unspecified atom stereocenters. The lowest BCUT2D eigenvalue weighted by Gasteiger charge is -2.10. The van der Waals surface area contributed by atoms with Gasteiger partial charge in [-0.1, -0.05) is 24.3 Å². The summed E-state index contributed by atoms with van der Waals surface area (Å²) in [6, 6.07) is 16.2. The Morgan fingerprint density at radius 1 is 1.17 bits per heavy atom. The van der Waals surface area contributed by atoms with E-state index in [2.05, 4.69) is 30.3 Å². The minimum absolute atomic E-state index is 0.348. The molecule has 0 aromatic heterocycles. The fraction of sp³-hybridized carbons (Fsp3) is 0.200. The molecule has 92 valence electrons. The number of thioether (sulfide) groups is 2. The molecule has 0 spiro atoms. The lowest BCUT2D eigenvalue weighted by atomic mass is 10.0. The second-order valence-corrected chi connectivity index (χ2v) is 6.51. The number of hydrogen-bond donors (Lipinski definition) is 1. The van der Waals surface area contributed by atoms with Gasteiger partial charge in [-0.25, -0.2) is 0 Å². The van der Waals surface area contributed by atoms with E-state index in [-0.39, 0.29) is 0 Å². The Hall–Kier alpha value is -1.06. The second-order valence-electron chi connectivity index (χ2n) is 4.35. The van der Waals surface area contributed by atoms with E-state index in [9.17, 15) is 5.11 Å². The van der Waals surface area contributed by atoms with Gasteiger partial charge in [0.2, 0.25) is 0 Å². The molecule has 0 saturated heterocycles. The Bertz CT molecular complexity index is 554.